The van der Waals surface area contributed by atoms with E-state index in [-0.39, 0.29) is 23.4 Å². The van der Waals surface area contributed by atoms with E-state index in [1.165, 1.54) is 0 Å². The predicted molar refractivity (Wildman–Crippen MR) is 67.9 cm³/mol. The maximum atomic E-state index is 12.2. The molecule has 104 valence electrons. The number of esters is 1. The Balaban J connectivity index is 2.16. The van der Waals surface area contributed by atoms with Crippen molar-refractivity contribution in [3.63, 3.8) is 0 Å². The number of rotatable bonds is 1. The number of carbonyl (C=O) groups is 1. The first-order chi connectivity index (χ1) is 8.14. The number of hydrogen-bond donors (Lipinski definition) is 1. The monoisotopic (exact) mass is 275 g/mol. The SMILES string of the molecule is CC(C)(C)OC(=O)C1CNCC12CCS(=O)(=O)C2. The van der Waals surface area contributed by atoms with E-state index in [1.54, 1.807) is 0 Å². The van der Waals surface area contributed by atoms with Crippen LogP contribution < -0.4 is 5.32 Å². The minimum Gasteiger partial charge on any atom is -0.460 e. The van der Waals surface area contributed by atoms with Crippen molar-refractivity contribution in [1.82, 2.24) is 5.32 Å². The van der Waals surface area contributed by atoms with Crippen LogP contribution in [0.1, 0.15) is 27.2 Å². The van der Waals surface area contributed by atoms with Gasteiger partial charge in [0.1, 0.15) is 5.60 Å². The molecule has 2 aliphatic heterocycles. The van der Waals surface area contributed by atoms with Gasteiger partial charge in [-0.3, -0.25) is 4.79 Å². The molecule has 0 aliphatic carbocycles. The summed E-state index contributed by atoms with van der Waals surface area (Å²) in [5.41, 5.74) is -0.973. The Morgan fingerprint density at radius 1 is 1.39 bits per heavy atom. The van der Waals surface area contributed by atoms with Gasteiger partial charge in [0.05, 0.1) is 17.4 Å². The Hall–Kier alpha value is -0.620. The van der Waals surface area contributed by atoms with Crippen LogP contribution in [0.3, 0.4) is 0 Å². The normalized spacial score (nSPS) is 34.9. The van der Waals surface area contributed by atoms with E-state index in [4.69, 9.17) is 4.74 Å². The van der Waals surface area contributed by atoms with Crippen molar-refractivity contribution in [2.75, 3.05) is 24.6 Å². The molecule has 0 aromatic heterocycles. The number of carbonyl (C=O) groups excluding carboxylic acids is 1. The van der Waals surface area contributed by atoms with Crippen molar-refractivity contribution < 1.29 is 17.9 Å². The lowest BCUT2D eigenvalue weighted by atomic mass is 9.77. The van der Waals surface area contributed by atoms with Crippen LogP contribution in [-0.2, 0) is 19.4 Å². The summed E-state index contributed by atoms with van der Waals surface area (Å²) in [4.78, 5) is 12.2. The molecule has 2 atom stereocenters. The van der Waals surface area contributed by atoms with Gasteiger partial charge in [0, 0.05) is 18.5 Å². The van der Waals surface area contributed by atoms with Crippen LogP contribution in [0.2, 0.25) is 0 Å². The van der Waals surface area contributed by atoms with Crippen molar-refractivity contribution in [2.24, 2.45) is 11.3 Å². The molecule has 2 saturated heterocycles. The highest BCUT2D eigenvalue weighted by Gasteiger charge is 2.54. The van der Waals surface area contributed by atoms with Crippen molar-refractivity contribution >= 4 is 15.8 Å². The van der Waals surface area contributed by atoms with Crippen molar-refractivity contribution in [3.05, 3.63) is 0 Å². The number of sulfone groups is 1. The van der Waals surface area contributed by atoms with Crippen LogP contribution in [0.4, 0.5) is 0 Å². The second kappa shape index (κ2) is 4.20. The zero-order chi connectivity index (χ0) is 13.6. The smallest absolute Gasteiger partial charge is 0.311 e. The predicted octanol–water partition coefficient (Wildman–Crippen LogP) is 0.352. The highest BCUT2D eigenvalue weighted by atomic mass is 32.2. The average molecular weight is 275 g/mol. The molecule has 0 radical (unpaired) electrons. The third-order valence-electron chi connectivity index (χ3n) is 3.67. The molecule has 1 N–H and O–H groups in total. The third kappa shape index (κ3) is 2.69. The Bertz CT molecular complexity index is 451. The maximum Gasteiger partial charge on any atom is 0.311 e. The highest BCUT2D eigenvalue weighted by molar-refractivity contribution is 7.91. The van der Waals surface area contributed by atoms with Crippen LogP contribution >= 0.6 is 0 Å². The van der Waals surface area contributed by atoms with Gasteiger partial charge in [0.2, 0.25) is 0 Å². The Morgan fingerprint density at radius 3 is 2.56 bits per heavy atom. The maximum absolute atomic E-state index is 12.2. The molecule has 0 amide bonds. The minimum atomic E-state index is -3.00. The third-order valence-corrected chi connectivity index (χ3v) is 5.52. The molecule has 2 rings (SSSR count). The molecule has 5 nitrogen and oxygen atoms in total. The molecule has 2 heterocycles. The number of ether oxygens (including phenoxy) is 1. The molecule has 6 heteroatoms. The Labute approximate surface area is 108 Å². The molecule has 2 fully saturated rings. The van der Waals surface area contributed by atoms with E-state index in [0.717, 1.165) is 0 Å². The first-order valence-corrected chi connectivity index (χ1v) is 8.10. The van der Waals surface area contributed by atoms with Gasteiger partial charge in [-0.2, -0.15) is 0 Å². The summed E-state index contributed by atoms with van der Waals surface area (Å²) >= 11 is 0. The van der Waals surface area contributed by atoms with E-state index in [1.807, 2.05) is 20.8 Å². The van der Waals surface area contributed by atoms with Gasteiger partial charge >= 0.3 is 5.97 Å². The van der Waals surface area contributed by atoms with Crippen molar-refractivity contribution in [3.8, 4) is 0 Å². The van der Waals surface area contributed by atoms with E-state index < -0.39 is 20.9 Å². The van der Waals surface area contributed by atoms with E-state index in [2.05, 4.69) is 5.32 Å². The minimum absolute atomic E-state index is 0.108. The molecule has 0 aromatic carbocycles. The van der Waals surface area contributed by atoms with Crippen LogP contribution in [0, 0.1) is 11.3 Å². The van der Waals surface area contributed by atoms with Crippen LogP contribution in [-0.4, -0.2) is 44.6 Å². The van der Waals surface area contributed by atoms with Crippen molar-refractivity contribution in [2.45, 2.75) is 32.8 Å². The molecular formula is C12H21NO4S. The molecule has 18 heavy (non-hydrogen) atoms. The number of hydrogen-bond acceptors (Lipinski definition) is 5. The van der Waals surface area contributed by atoms with Gasteiger partial charge in [0.25, 0.3) is 0 Å². The summed E-state index contributed by atoms with van der Waals surface area (Å²) in [6.45, 7) is 6.59. The molecular weight excluding hydrogens is 254 g/mol. The molecule has 2 unspecified atom stereocenters. The van der Waals surface area contributed by atoms with Gasteiger partial charge in [-0.1, -0.05) is 0 Å². The fourth-order valence-electron chi connectivity index (χ4n) is 2.87. The highest BCUT2D eigenvalue weighted by Crippen LogP contribution is 2.42. The lowest BCUT2D eigenvalue weighted by Crippen LogP contribution is -2.39. The fraction of sp³-hybridized carbons (Fsp3) is 0.917. The lowest BCUT2D eigenvalue weighted by Gasteiger charge is -2.30. The summed E-state index contributed by atoms with van der Waals surface area (Å²) < 4.78 is 28.7. The van der Waals surface area contributed by atoms with Gasteiger partial charge in [-0.05, 0) is 27.2 Å². The quantitative estimate of drug-likeness (QED) is 0.699. The van der Waals surface area contributed by atoms with Crippen molar-refractivity contribution in [1.29, 1.82) is 0 Å². The van der Waals surface area contributed by atoms with Gasteiger partial charge in [-0.25, -0.2) is 8.42 Å². The molecule has 0 bridgehead atoms. The van der Waals surface area contributed by atoms with Gasteiger partial charge in [0.15, 0.2) is 9.84 Å². The largest absolute Gasteiger partial charge is 0.460 e. The van der Waals surface area contributed by atoms with E-state index in [9.17, 15) is 13.2 Å². The lowest BCUT2D eigenvalue weighted by molar-refractivity contribution is -0.162. The van der Waals surface area contributed by atoms with E-state index >= 15 is 0 Å². The summed E-state index contributed by atoms with van der Waals surface area (Å²) in [7, 11) is -3.00. The molecule has 0 saturated carbocycles. The molecule has 0 aromatic rings. The van der Waals surface area contributed by atoms with Crippen LogP contribution in [0.25, 0.3) is 0 Å². The Morgan fingerprint density at radius 2 is 2.06 bits per heavy atom. The second-order valence-electron chi connectivity index (χ2n) is 6.42. The zero-order valence-corrected chi connectivity index (χ0v) is 12.0. The summed E-state index contributed by atoms with van der Waals surface area (Å²) in [5.74, 6) is -0.316. The van der Waals surface area contributed by atoms with Gasteiger partial charge < -0.3 is 10.1 Å². The summed E-state index contributed by atoms with van der Waals surface area (Å²) in [6, 6.07) is 0. The first-order valence-electron chi connectivity index (χ1n) is 6.28. The van der Waals surface area contributed by atoms with E-state index in [0.29, 0.717) is 19.5 Å². The fourth-order valence-corrected chi connectivity index (χ4v) is 5.05. The van der Waals surface area contributed by atoms with Crippen LogP contribution in [0.15, 0.2) is 0 Å². The molecule has 1 spiro atoms. The summed E-state index contributed by atoms with van der Waals surface area (Å²) in [5, 5.41) is 3.14. The topological polar surface area (TPSA) is 72.5 Å². The zero-order valence-electron chi connectivity index (χ0n) is 11.2. The molecule has 2 aliphatic rings. The second-order valence-corrected chi connectivity index (χ2v) is 8.61. The number of nitrogens with one attached hydrogen (secondary N) is 1. The van der Waals surface area contributed by atoms with Crippen LogP contribution in [0.5, 0.6) is 0 Å². The Kier molecular flexibility index (Phi) is 3.22. The summed E-state index contributed by atoms with van der Waals surface area (Å²) in [6.07, 6.45) is 0.562. The van der Waals surface area contributed by atoms with Gasteiger partial charge in [-0.15, -0.1) is 0 Å². The average Bonchev–Trinajstić information content (AvgIpc) is 2.68. The first kappa shape index (κ1) is 13.8. The standard InChI is InChI=1S/C12H21NO4S/c1-11(2,3)17-10(14)9-6-13-7-12(9)4-5-18(15,16)8-12/h9,13H,4-8H2,1-3H3.